The van der Waals surface area contributed by atoms with Crippen LogP contribution in [0.25, 0.3) is 0 Å². The average molecular weight is 248 g/mol. The molecule has 18 heavy (non-hydrogen) atoms. The predicted molar refractivity (Wildman–Crippen MR) is 74.0 cm³/mol. The molecular weight excluding hydrogens is 224 g/mol. The van der Waals surface area contributed by atoms with Crippen molar-refractivity contribution in [2.45, 2.75) is 45.7 Å². The van der Waals surface area contributed by atoms with Gasteiger partial charge in [-0.15, -0.1) is 0 Å². The van der Waals surface area contributed by atoms with Gasteiger partial charge in [0.2, 0.25) is 5.95 Å². The topological polar surface area (TPSA) is 33.1 Å². The number of aromatic nitrogens is 2. The molecular formula is C14H24N4. The van der Waals surface area contributed by atoms with Crippen molar-refractivity contribution in [3.05, 3.63) is 11.9 Å². The highest BCUT2D eigenvalue weighted by molar-refractivity contribution is 5.36. The van der Waals surface area contributed by atoms with Crippen LogP contribution in [0.4, 0.5) is 5.95 Å². The molecule has 2 fully saturated rings. The van der Waals surface area contributed by atoms with Crippen molar-refractivity contribution in [2.24, 2.45) is 5.92 Å². The lowest BCUT2D eigenvalue weighted by Gasteiger charge is -2.24. The van der Waals surface area contributed by atoms with Gasteiger partial charge in [-0.3, -0.25) is 0 Å². The Balaban J connectivity index is 1.78. The predicted octanol–water partition coefficient (Wildman–Crippen LogP) is 1.79. The van der Waals surface area contributed by atoms with E-state index < -0.39 is 0 Å². The minimum absolute atomic E-state index is 0.686. The molecule has 1 aromatic heterocycles. The van der Waals surface area contributed by atoms with Crippen LogP contribution in [0.15, 0.2) is 6.20 Å². The second-order valence-corrected chi connectivity index (χ2v) is 5.74. The molecule has 4 heteroatoms. The van der Waals surface area contributed by atoms with Gasteiger partial charge in [0.05, 0.1) is 5.69 Å². The molecule has 0 aromatic carbocycles. The summed E-state index contributed by atoms with van der Waals surface area (Å²) in [4.78, 5) is 7.21. The summed E-state index contributed by atoms with van der Waals surface area (Å²) in [7, 11) is 0. The molecule has 2 aliphatic heterocycles. The lowest BCUT2D eigenvalue weighted by Crippen LogP contribution is -2.40. The molecule has 4 nitrogen and oxygen atoms in total. The molecule has 0 radical (unpaired) electrons. The van der Waals surface area contributed by atoms with E-state index in [0.29, 0.717) is 6.04 Å². The van der Waals surface area contributed by atoms with Gasteiger partial charge < -0.3 is 14.8 Å². The molecule has 1 aromatic rings. The largest absolute Gasteiger partial charge is 0.340 e. The van der Waals surface area contributed by atoms with E-state index in [1.807, 2.05) is 0 Å². The molecule has 2 aliphatic rings. The van der Waals surface area contributed by atoms with Crippen LogP contribution in [-0.2, 0) is 6.54 Å². The van der Waals surface area contributed by atoms with E-state index in [1.165, 1.54) is 38.3 Å². The lowest BCUT2D eigenvalue weighted by molar-refractivity contribution is 0.340. The summed E-state index contributed by atoms with van der Waals surface area (Å²) < 4.78 is 2.33. The first kappa shape index (κ1) is 12.0. The van der Waals surface area contributed by atoms with Crippen molar-refractivity contribution < 1.29 is 0 Å². The first-order chi connectivity index (χ1) is 8.78. The van der Waals surface area contributed by atoms with Crippen LogP contribution in [0.3, 0.4) is 0 Å². The van der Waals surface area contributed by atoms with Crippen molar-refractivity contribution in [3.8, 4) is 0 Å². The van der Waals surface area contributed by atoms with E-state index in [2.05, 4.69) is 34.8 Å². The van der Waals surface area contributed by atoms with Gasteiger partial charge in [0.15, 0.2) is 0 Å². The minimum Gasteiger partial charge on any atom is -0.340 e. The Morgan fingerprint density at radius 2 is 2.33 bits per heavy atom. The summed E-state index contributed by atoms with van der Waals surface area (Å²) in [6.07, 6.45) is 6.06. The summed E-state index contributed by atoms with van der Waals surface area (Å²) in [5.41, 5.74) is 1.14. The number of hydrogen-bond acceptors (Lipinski definition) is 3. The summed E-state index contributed by atoms with van der Waals surface area (Å²) in [5.74, 6) is 2.01. The molecule has 0 spiro atoms. The molecule has 0 amide bonds. The molecule has 2 atom stereocenters. The van der Waals surface area contributed by atoms with Crippen LogP contribution in [0.1, 0.15) is 31.9 Å². The number of imidazole rings is 1. The monoisotopic (exact) mass is 248 g/mol. The van der Waals surface area contributed by atoms with Crippen LogP contribution < -0.4 is 10.2 Å². The number of piperidine rings is 1. The fourth-order valence-corrected chi connectivity index (χ4v) is 3.40. The van der Waals surface area contributed by atoms with Crippen molar-refractivity contribution in [3.63, 3.8) is 0 Å². The highest BCUT2D eigenvalue weighted by Gasteiger charge is 2.35. The van der Waals surface area contributed by atoms with Gasteiger partial charge in [-0.1, -0.05) is 6.92 Å². The third-order valence-electron chi connectivity index (χ3n) is 4.22. The Bertz CT molecular complexity index is 398. The minimum atomic E-state index is 0.686. The summed E-state index contributed by atoms with van der Waals surface area (Å²) in [5, 5.41) is 3.66. The highest BCUT2D eigenvalue weighted by Crippen LogP contribution is 2.28. The first-order valence-electron chi connectivity index (χ1n) is 7.30. The normalized spacial score (nSPS) is 27.6. The highest BCUT2D eigenvalue weighted by atomic mass is 15.3. The van der Waals surface area contributed by atoms with Gasteiger partial charge >= 0.3 is 0 Å². The Morgan fingerprint density at radius 3 is 3.11 bits per heavy atom. The van der Waals surface area contributed by atoms with Crippen molar-refractivity contribution in [1.82, 2.24) is 14.9 Å². The zero-order valence-electron chi connectivity index (χ0n) is 11.5. The number of nitrogens with zero attached hydrogens (tertiary/aromatic N) is 3. The lowest BCUT2D eigenvalue weighted by atomic mass is 9.94. The summed E-state index contributed by atoms with van der Waals surface area (Å²) >= 11 is 0. The van der Waals surface area contributed by atoms with Crippen LogP contribution in [0.5, 0.6) is 0 Å². The van der Waals surface area contributed by atoms with Crippen molar-refractivity contribution in [1.29, 1.82) is 0 Å². The van der Waals surface area contributed by atoms with E-state index in [9.17, 15) is 0 Å². The molecule has 2 saturated heterocycles. The zero-order chi connectivity index (χ0) is 12.5. The summed E-state index contributed by atoms with van der Waals surface area (Å²) in [6, 6.07) is 0.686. The molecule has 3 rings (SSSR count). The second-order valence-electron chi connectivity index (χ2n) is 5.74. The number of hydrogen-bond donors (Lipinski definition) is 1. The van der Waals surface area contributed by atoms with E-state index in [4.69, 9.17) is 4.98 Å². The van der Waals surface area contributed by atoms with Crippen molar-refractivity contribution in [2.75, 3.05) is 24.5 Å². The van der Waals surface area contributed by atoms with Crippen LogP contribution in [0.2, 0.25) is 0 Å². The standard InChI is InChI=1S/C14H24N4/c1-3-7-17-8-11(2)16-14(17)18-9-12-5-4-6-15-13(12)10-18/h8,12-13,15H,3-7,9-10H2,1-2H3/t12-,13+/m0/s1. The van der Waals surface area contributed by atoms with Gasteiger partial charge in [0.25, 0.3) is 0 Å². The van der Waals surface area contributed by atoms with E-state index >= 15 is 0 Å². The molecule has 3 heterocycles. The SMILES string of the molecule is CCCn1cc(C)nc1N1C[C@@H]2CCCN[C@@H]2C1. The third-order valence-corrected chi connectivity index (χ3v) is 4.22. The second kappa shape index (κ2) is 4.92. The number of anilines is 1. The summed E-state index contributed by atoms with van der Waals surface area (Å²) in [6.45, 7) is 8.90. The van der Waals surface area contributed by atoms with E-state index in [-0.39, 0.29) is 0 Å². The maximum atomic E-state index is 4.73. The molecule has 0 aliphatic carbocycles. The fourth-order valence-electron chi connectivity index (χ4n) is 3.40. The quantitative estimate of drug-likeness (QED) is 0.885. The molecule has 0 unspecified atom stereocenters. The first-order valence-corrected chi connectivity index (χ1v) is 7.30. The Hall–Kier alpha value is -1.03. The average Bonchev–Trinajstić information content (AvgIpc) is 2.92. The van der Waals surface area contributed by atoms with E-state index in [1.54, 1.807) is 0 Å². The van der Waals surface area contributed by atoms with Crippen LogP contribution >= 0.6 is 0 Å². The third kappa shape index (κ3) is 2.14. The van der Waals surface area contributed by atoms with Crippen molar-refractivity contribution >= 4 is 5.95 Å². The molecule has 0 bridgehead atoms. The fraction of sp³-hybridized carbons (Fsp3) is 0.786. The smallest absolute Gasteiger partial charge is 0.205 e. The number of aryl methyl sites for hydroxylation is 2. The number of rotatable bonds is 3. The van der Waals surface area contributed by atoms with Gasteiger partial charge in [-0.25, -0.2) is 4.98 Å². The molecule has 1 N–H and O–H groups in total. The molecule has 0 saturated carbocycles. The zero-order valence-corrected chi connectivity index (χ0v) is 11.5. The maximum absolute atomic E-state index is 4.73. The Morgan fingerprint density at radius 1 is 1.44 bits per heavy atom. The Labute approximate surface area is 109 Å². The van der Waals surface area contributed by atoms with E-state index in [0.717, 1.165) is 24.7 Å². The number of fused-ring (bicyclic) bond motifs is 1. The van der Waals surface area contributed by atoms with Crippen LogP contribution in [-0.4, -0.2) is 35.2 Å². The van der Waals surface area contributed by atoms with Gasteiger partial charge in [0, 0.05) is 31.9 Å². The van der Waals surface area contributed by atoms with Crippen LogP contribution in [0, 0.1) is 12.8 Å². The molecule has 100 valence electrons. The maximum Gasteiger partial charge on any atom is 0.205 e. The Kier molecular flexibility index (Phi) is 3.29. The number of nitrogens with one attached hydrogen (secondary N) is 1. The van der Waals surface area contributed by atoms with Gasteiger partial charge in [0.1, 0.15) is 0 Å². The van der Waals surface area contributed by atoms with Gasteiger partial charge in [-0.2, -0.15) is 0 Å². The van der Waals surface area contributed by atoms with Gasteiger partial charge in [-0.05, 0) is 38.6 Å².